The summed E-state index contributed by atoms with van der Waals surface area (Å²) in [5.41, 5.74) is -1.31. The average Bonchev–Trinajstić information content (AvgIpc) is 3.14. The van der Waals surface area contributed by atoms with Crippen LogP contribution in [0.5, 0.6) is 0 Å². The number of halogens is 3. The van der Waals surface area contributed by atoms with Crippen LogP contribution in [-0.2, 0) is 15.7 Å². The Morgan fingerprint density at radius 1 is 1.13 bits per heavy atom. The molecule has 1 saturated heterocycles. The zero-order valence-corrected chi connectivity index (χ0v) is 18.0. The van der Waals surface area contributed by atoms with Crippen LogP contribution in [0.1, 0.15) is 45.6 Å². The van der Waals surface area contributed by atoms with Gasteiger partial charge in [0.1, 0.15) is 11.4 Å². The van der Waals surface area contributed by atoms with Crippen molar-refractivity contribution in [2.45, 2.75) is 57.9 Å². The molecule has 1 saturated carbocycles. The lowest BCUT2D eigenvalue weighted by Gasteiger charge is -2.36. The number of carbonyl (C=O) groups is 2. The standard InChI is InChI=1S/C21H29F3N4O3/c1-20(2,3)31-19(30)26-16-5-4-14(12-16)18(29)28-10-8-27(9-11-28)17-13-15(6-7-25-17)21(22,23)24/h6-7,13-14,16H,4-5,8-12H2,1-3H3,(H,26,30)/t14?,16-/m1/s1. The Morgan fingerprint density at radius 3 is 2.42 bits per heavy atom. The summed E-state index contributed by atoms with van der Waals surface area (Å²) in [5, 5.41) is 2.83. The van der Waals surface area contributed by atoms with Gasteiger partial charge in [-0.1, -0.05) is 0 Å². The molecule has 172 valence electrons. The number of piperazine rings is 1. The van der Waals surface area contributed by atoms with Crippen molar-refractivity contribution in [1.29, 1.82) is 0 Å². The summed E-state index contributed by atoms with van der Waals surface area (Å²) >= 11 is 0. The van der Waals surface area contributed by atoms with Gasteiger partial charge in [-0.3, -0.25) is 4.79 Å². The summed E-state index contributed by atoms with van der Waals surface area (Å²) in [6.45, 7) is 7.08. The number of amides is 2. The van der Waals surface area contributed by atoms with Gasteiger partial charge in [-0.05, 0) is 52.2 Å². The first-order valence-corrected chi connectivity index (χ1v) is 10.5. The lowest BCUT2D eigenvalue weighted by molar-refractivity contribution is -0.137. The van der Waals surface area contributed by atoms with E-state index in [4.69, 9.17) is 4.74 Å². The molecule has 0 radical (unpaired) electrons. The smallest absolute Gasteiger partial charge is 0.416 e. The lowest BCUT2D eigenvalue weighted by atomic mass is 10.1. The van der Waals surface area contributed by atoms with Crippen molar-refractivity contribution in [3.63, 3.8) is 0 Å². The zero-order chi connectivity index (χ0) is 22.8. The third-order valence-electron chi connectivity index (χ3n) is 5.49. The predicted octanol–water partition coefficient (Wildman–Crippen LogP) is 3.44. The number of hydrogen-bond acceptors (Lipinski definition) is 5. The van der Waals surface area contributed by atoms with Crippen LogP contribution in [0.2, 0.25) is 0 Å². The fourth-order valence-corrected chi connectivity index (χ4v) is 3.99. The SMILES string of the molecule is CC(C)(C)OC(=O)N[C@@H]1CCC(C(=O)N2CCN(c3cc(C(F)(F)F)ccn3)CC2)C1. The van der Waals surface area contributed by atoms with Crippen molar-refractivity contribution in [3.05, 3.63) is 23.9 Å². The van der Waals surface area contributed by atoms with Gasteiger partial charge in [-0.15, -0.1) is 0 Å². The molecule has 2 heterocycles. The Kier molecular flexibility index (Phi) is 6.66. The number of alkyl carbamates (subject to hydrolysis) is 1. The third kappa shape index (κ3) is 6.24. The van der Waals surface area contributed by atoms with Crippen LogP contribution >= 0.6 is 0 Å². The lowest BCUT2D eigenvalue weighted by Crippen LogP contribution is -2.50. The van der Waals surface area contributed by atoms with Gasteiger partial charge in [0.15, 0.2) is 0 Å². The Bertz CT molecular complexity index is 802. The maximum atomic E-state index is 12.9. The highest BCUT2D eigenvalue weighted by Crippen LogP contribution is 2.31. The fourth-order valence-electron chi connectivity index (χ4n) is 3.99. The quantitative estimate of drug-likeness (QED) is 0.776. The summed E-state index contributed by atoms with van der Waals surface area (Å²) in [6, 6.07) is 1.89. The highest BCUT2D eigenvalue weighted by molar-refractivity contribution is 5.79. The number of nitrogens with zero attached hydrogens (tertiary/aromatic N) is 3. The third-order valence-corrected chi connectivity index (χ3v) is 5.49. The molecule has 0 bridgehead atoms. The minimum Gasteiger partial charge on any atom is -0.444 e. The van der Waals surface area contributed by atoms with Gasteiger partial charge in [0.2, 0.25) is 5.91 Å². The van der Waals surface area contributed by atoms with Gasteiger partial charge in [0.05, 0.1) is 5.56 Å². The molecule has 31 heavy (non-hydrogen) atoms. The maximum absolute atomic E-state index is 12.9. The van der Waals surface area contributed by atoms with Gasteiger partial charge in [-0.25, -0.2) is 9.78 Å². The second-order valence-electron chi connectivity index (χ2n) is 9.07. The number of rotatable bonds is 3. The second-order valence-corrected chi connectivity index (χ2v) is 9.07. The van der Waals surface area contributed by atoms with E-state index in [1.54, 1.807) is 30.6 Å². The predicted molar refractivity (Wildman–Crippen MR) is 109 cm³/mol. The molecule has 1 aliphatic carbocycles. The molecule has 1 aliphatic heterocycles. The van der Waals surface area contributed by atoms with Crippen molar-refractivity contribution in [2.75, 3.05) is 31.1 Å². The van der Waals surface area contributed by atoms with E-state index in [1.165, 1.54) is 0 Å². The molecular weight excluding hydrogens is 413 g/mol. The summed E-state index contributed by atoms with van der Waals surface area (Å²) < 4.78 is 44.1. The van der Waals surface area contributed by atoms with Crippen LogP contribution in [0.25, 0.3) is 0 Å². The number of pyridine rings is 1. The van der Waals surface area contributed by atoms with Crippen molar-refractivity contribution in [3.8, 4) is 0 Å². The van der Waals surface area contributed by atoms with Crippen molar-refractivity contribution in [1.82, 2.24) is 15.2 Å². The summed E-state index contributed by atoms with van der Waals surface area (Å²) in [7, 11) is 0. The molecule has 2 aliphatic rings. The first-order valence-electron chi connectivity index (χ1n) is 10.5. The van der Waals surface area contributed by atoms with E-state index in [0.29, 0.717) is 45.4 Å². The summed E-state index contributed by atoms with van der Waals surface area (Å²) in [5.74, 6) is 0.132. The molecule has 3 rings (SSSR count). The number of hydrogen-bond donors (Lipinski definition) is 1. The number of ether oxygens (including phenoxy) is 1. The van der Waals surface area contributed by atoms with Gasteiger partial charge in [0, 0.05) is 44.3 Å². The number of nitrogens with one attached hydrogen (secondary N) is 1. The molecule has 2 fully saturated rings. The molecule has 0 aromatic carbocycles. The molecule has 1 aromatic heterocycles. The molecule has 2 atom stereocenters. The van der Waals surface area contributed by atoms with Crippen LogP contribution in [0.4, 0.5) is 23.8 Å². The number of anilines is 1. The van der Waals surface area contributed by atoms with E-state index in [0.717, 1.165) is 18.3 Å². The van der Waals surface area contributed by atoms with E-state index in [-0.39, 0.29) is 23.7 Å². The topological polar surface area (TPSA) is 74.8 Å². The average molecular weight is 442 g/mol. The molecule has 0 spiro atoms. The Morgan fingerprint density at radius 2 is 1.81 bits per heavy atom. The second kappa shape index (κ2) is 8.92. The van der Waals surface area contributed by atoms with Crippen LogP contribution in [0.3, 0.4) is 0 Å². The first kappa shape index (κ1) is 23.1. The highest BCUT2D eigenvalue weighted by Gasteiger charge is 2.36. The fraction of sp³-hybridized carbons (Fsp3) is 0.667. The van der Waals surface area contributed by atoms with Gasteiger partial charge in [0.25, 0.3) is 0 Å². The van der Waals surface area contributed by atoms with Crippen LogP contribution in [-0.4, -0.2) is 59.7 Å². The maximum Gasteiger partial charge on any atom is 0.416 e. The van der Waals surface area contributed by atoms with E-state index in [9.17, 15) is 22.8 Å². The number of carbonyl (C=O) groups excluding carboxylic acids is 2. The molecular formula is C21H29F3N4O3. The van der Waals surface area contributed by atoms with Crippen molar-refractivity contribution < 1.29 is 27.5 Å². The number of alkyl halides is 3. The Balaban J connectivity index is 1.49. The summed E-state index contributed by atoms with van der Waals surface area (Å²) in [4.78, 5) is 32.4. The molecule has 2 amide bonds. The highest BCUT2D eigenvalue weighted by atomic mass is 19.4. The van der Waals surface area contributed by atoms with Crippen LogP contribution in [0.15, 0.2) is 18.3 Å². The van der Waals surface area contributed by atoms with E-state index in [2.05, 4.69) is 10.3 Å². The molecule has 7 nitrogen and oxygen atoms in total. The monoisotopic (exact) mass is 442 g/mol. The van der Waals surface area contributed by atoms with Gasteiger partial charge in [-0.2, -0.15) is 13.2 Å². The Hall–Kier alpha value is -2.52. The van der Waals surface area contributed by atoms with Crippen molar-refractivity contribution in [2.24, 2.45) is 5.92 Å². The van der Waals surface area contributed by atoms with E-state index < -0.39 is 23.4 Å². The minimum absolute atomic E-state index is 0.0325. The molecule has 1 N–H and O–H groups in total. The Labute approximate surface area is 179 Å². The van der Waals surface area contributed by atoms with E-state index in [1.807, 2.05) is 0 Å². The zero-order valence-electron chi connectivity index (χ0n) is 18.0. The van der Waals surface area contributed by atoms with Crippen LogP contribution < -0.4 is 10.2 Å². The van der Waals surface area contributed by atoms with Crippen molar-refractivity contribution >= 4 is 17.8 Å². The first-order chi connectivity index (χ1) is 14.4. The normalized spacial score (nSPS) is 22.4. The molecule has 10 heteroatoms. The number of aromatic nitrogens is 1. The van der Waals surface area contributed by atoms with Crippen LogP contribution in [0, 0.1) is 5.92 Å². The largest absolute Gasteiger partial charge is 0.444 e. The molecule has 1 unspecified atom stereocenters. The molecule has 1 aromatic rings. The minimum atomic E-state index is -4.41. The summed E-state index contributed by atoms with van der Waals surface area (Å²) in [6.07, 6.45) is -1.77. The van der Waals surface area contributed by atoms with Gasteiger partial charge >= 0.3 is 12.3 Å². The van der Waals surface area contributed by atoms with E-state index >= 15 is 0 Å². The van der Waals surface area contributed by atoms with Gasteiger partial charge < -0.3 is 19.9 Å².